The van der Waals surface area contributed by atoms with Crippen LogP contribution in [0.25, 0.3) is 0 Å². The van der Waals surface area contributed by atoms with Gasteiger partial charge < -0.3 is 15.3 Å². The molecule has 1 saturated heterocycles. The number of nitrogens with one attached hydrogen (secondary N) is 1. The van der Waals surface area contributed by atoms with Gasteiger partial charge in [0.25, 0.3) is 0 Å². The molecule has 1 aromatic rings. The molecule has 0 radical (unpaired) electrons. The molecular weight excluding hydrogens is 400 g/mol. The molecule has 0 aliphatic carbocycles. The maximum absolute atomic E-state index is 14.6. The predicted octanol–water partition coefficient (Wildman–Crippen LogP) is 3.23. The standard InChI is InChI=1S/C12H14ClFIN3O2/c13-10-5-9(8(15)6-16-10)17-7-12(14)1-3-18(4-2-12)11(19)20/h5-6H,1-4,7H2,(H,16,17)(H,19,20). The third kappa shape index (κ3) is 3.85. The second-order valence-corrected chi connectivity index (χ2v) is 6.31. The second-order valence-electron chi connectivity index (χ2n) is 4.76. The average molecular weight is 414 g/mol. The van der Waals surface area contributed by atoms with Gasteiger partial charge in [-0.3, -0.25) is 0 Å². The molecule has 2 heterocycles. The van der Waals surface area contributed by atoms with Crippen molar-refractivity contribution in [1.82, 2.24) is 9.88 Å². The van der Waals surface area contributed by atoms with Crippen molar-refractivity contribution in [3.63, 3.8) is 0 Å². The molecule has 0 bridgehead atoms. The Labute approximate surface area is 134 Å². The minimum atomic E-state index is -1.40. The summed E-state index contributed by atoms with van der Waals surface area (Å²) >= 11 is 7.90. The van der Waals surface area contributed by atoms with Crippen molar-refractivity contribution >= 4 is 46.0 Å². The Morgan fingerprint density at radius 2 is 2.25 bits per heavy atom. The van der Waals surface area contributed by atoms with Gasteiger partial charge in [-0.05, 0) is 28.7 Å². The number of hydrogen-bond donors (Lipinski definition) is 2. The van der Waals surface area contributed by atoms with Gasteiger partial charge in [-0.25, -0.2) is 14.2 Å². The number of halogens is 3. The van der Waals surface area contributed by atoms with Gasteiger partial charge in [-0.15, -0.1) is 0 Å². The fourth-order valence-corrected chi connectivity index (χ4v) is 2.72. The van der Waals surface area contributed by atoms with Gasteiger partial charge in [0, 0.05) is 38.7 Å². The Morgan fingerprint density at radius 1 is 1.60 bits per heavy atom. The van der Waals surface area contributed by atoms with Crippen LogP contribution in [0.5, 0.6) is 0 Å². The van der Waals surface area contributed by atoms with Gasteiger partial charge in [0.05, 0.1) is 9.26 Å². The van der Waals surface area contributed by atoms with Crippen LogP contribution in [0.3, 0.4) is 0 Å². The first-order valence-corrected chi connectivity index (χ1v) is 7.57. The molecule has 8 heteroatoms. The number of aromatic nitrogens is 1. The van der Waals surface area contributed by atoms with Gasteiger partial charge >= 0.3 is 6.09 Å². The quantitative estimate of drug-likeness (QED) is 0.590. The highest BCUT2D eigenvalue weighted by molar-refractivity contribution is 14.1. The molecule has 1 aliphatic heterocycles. The molecule has 0 saturated carbocycles. The van der Waals surface area contributed by atoms with Gasteiger partial charge in [0.1, 0.15) is 10.8 Å². The van der Waals surface area contributed by atoms with E-state index >= 15 is 0 Å². The normalized spacial score (nSPS) is 17.9. The highest BCUT2D eigenvalue weighted by atomic mass is 127. The van der Waals surface area contributed by atoms with Gasteiger partial charge in [-0.2, -0.15) is 0 Å². The summed E-state index contributed by atoms with van der Waals surface area (Å²) in [5.41, 5.74) is -0.659. The molecular formula is C12H14ClFIN3O2. The Balaban J connectivity index is 1.94. The first-order chi connectivity index (χ1) is 9.39. The molecule has 1 aliphatic rings. The van der Waals surface area contributed by atoms with Crippen molar-refractivity contribution in [2.75, 3.05) is 25.0 Å². The van der Waals surface area contributed by atoms with Gasteiger partial charge in [-0.1, -0.05) is 11.6 Å². The number of carbonyl (C=O) groups is 1. The SMILES string of the molecule is O=C(O)N1CCC(F)(CNc2cc(Cl)ncc2I)CC1. The van der Waals surface area contributed by atoms with Crippen LogP contribution < -0.4 is 5.32 Å². The summed E-state index contributed by atoms with van der Waals surface area (Å²) in [4.78, 5) is 16.0. The zero-order valence-electron chi connectivity index (χ0n) is 10.6. The zero-order valence-corrected chi connectivity index (χ0v) is 13.5. The number of amides is 1. The van der Waals surface area contributed by atoms with Crippen molar-refractivity contribution in [3.05, 3.63) is 21.0 Å². The van der Waals surface area contributed by atoms with E-state index in [1.807, 2.05) is 0 Å². The van der Waals surface area contributed by atoms with E-state index in [4.69, 9.17) is 16.7 Å². The van der Waals surface area contributed by atoms with Crippen LogP contribution in [0.15, 0.2) is 12.3 Å². The zero-order chi connectivity index (χ0) is 14.8. The van der Waals surface area contributed by atoms with E-state index in [9.17, 15) is 9.18 Å². The van der Waals surface area contributed by atoms with Crippen LogP contribution in [-0.2, 0) is 0 Å². The third-order valence-corrected chi connectivity index (χ3v) is 4.41. The van der Waals surface area contributed by atoms with Gasteiger partial charge in [0.15, 0.2) is 0 Å². The van der Waals surface area contributed by atoms with Crippen molar-refractivity contribution < 1.29 is 14.3 Å². The Hall–Kier alpha value is -0.830. The molecule has 2 N–H and O–H groups in total. The molecule has 1 aromatic heterocycles. The summed E-state index contributed by atoms with van der Waals surface area (Å²) < 4.78 is 15.5. The molecule has 0 atom stereocenters. The van der Waals surface area contributed by atoms with E-state index in [1.165, 1.54) is 4.90 Å². The molecule has 1 fully saturated rings. The molecule has 0 spiro atoms. The number of hydrogen-bond acceptors (Lipinski definition) is 3. The van der Waals surface area contributed by atoms with E-state index in [0.717, 1.165) is 9.26 Å². The number of anilines is 1. The number of alkyl halides is 1. The van der Waals surface area contributed by atoms with Gasteiger partial charge in [0.2, 0.25) is 0 Å². The number of rotatable bonds is 3. The molecule has 110 valence electrons. The molecule has 20 heavy (non-hydrogen) atoms. The third-order valence-electron chi connectivity index (χ3n) is 3.35. The van der Waals surface area contributed by atoms with Crippen molar-refractivity contribution in [2.45, 2.75) is 18.5 Å². The summed E-state index contributed by atoms with van der Waals surface area (Å²) in [6.45, 7) is 0.584. The number of carboxylic acid groups (broad SMARTS) is 1. The summed E-state index contributed by atoms with van der Waals surface area (Å²) in [6, 6.07) is 1.65. The highest BCUT2D eigenvalue weighted by Gasteiger charge is 2.35. The van der Waals surface area contributed by atoms with Crippen LogP contribution in [0.4, 0.5) is 14.9 Å². The van der Waals surface area contributed by atoms with Crippen LogP contribution >= 0.6 is 34.2 Å². The monoisotopic (exact) mass is 413 g/mol. The van der Waals surface area contributed by atoms with E-state index in [2.05, 4.69) is 32.9 Å². The summed E-state index contributed by atoms with van der Waals surface area (Å²) in [7, 11) is 0. The lowest BCUT2D eigenvalue weighted by molar-refractivity contribution is 0.0658. The lowest BCUT2D eigenvalue weighted by Crippen LogP contribution is -2.47. The first-order valence-electron chi connectivity index (χ1n) is 6.11. The Bertz CT molecular complexity index is 509. The number of nitrogens with zero attached hydrogens (tertiary/aromatic N) is 2. The van der Waals surface area contributed by atoms with Crippen molar-refractivity contribution in [2.24, 2.45) is 0 Å². The summed E-state index contributed by atoms with van der Waals surface area (Å²) in [5.74, 6) is 0. The Kier molecular flexibility index (Phi) is 4.90. The first kappa shape index (κ1) is 15.6. The van der Waals surface area contributed by atoms with Crippen LogP contribution in [-0.4, -0.2) is 46.4 Å². The molecule has 2 rings (SSSR count). The maximum atomic E-state index is 14.6. The minimum Gasteiger partial charge on any atom is -0.465 e. The van der Waals surface area contributed by atoms with Crippen LogP contribution in [0, 0.1) is 3.57 Å². The Morgan fingerprint density at radius 3 is 2.85 bits per heavy atom. The highest BCUT2D eigenvalue weighted by Crippen LogP contribution is 2.28. The number of pyridine rings is 1. The predicted molar refractivity (Wildman–Crippen MR) is 83.1 cm³/mol. The summed E-state index contributed by atoms with van der Waals surface area (Å²) in [5, 5.41) is 12.2. The van der Waals surface area contributed by atoms with Crippen molar-refractivity contribution in [1.29, 1.82) is 0 Å². The maximum Gasteiger partial charge on any atom is 0.407 e. The summed E-state index contributed by atoms with van der Waals surface area (Å²) in [6.07, 6.45) is 1.02. The van der Waals surface area contributed by atoms with E-state index < -0.39 is 11.8 Å². The lowest BCUT2D eigenvalue weighted by atomic mass is 9.93. The lowest BCUT2D eigenvalue weighted by Gasteiger charge is -2.35. The number of piperidine rings is 1. The van der Waals surface area contributed by atoms with E-state index in [-0.39, 0.29) is 32.5 Å². The molecule has 0 aromatic carbocycles. The fourth-order valence-electron chi connectivity index (χ4n) is 2.08. The van der Waals surface area contributed by atoms with Crippen LogP contribution in [0.1, 0.15) is 12.8 Å². The molecule has 1 amide bonds. The topological polar surface area (TPSA) is 65.5 Å². The van der Waals surface area contributed by atoms with E-state index in [1.54, 1.807) is 12.3 Å². The number of likely N-dealkylation sites (tertiary alicyclic amines) is 1. The largest absolute Gasteiger partial charge is 0.465 e. The van der Waals surface area contributed by atoms with Crippen molar-refractivity contribution in [3.8, 4) is 0 Å². The minimum absolute atomic E-state index is 0.136. The second kappa shape index (κ2) is 6.30. The van der Waals surface area contributed by atoms with Crippen LogP contribution in [0.2, 0.25) is 5.15 Å². The molecule has 5 nitrogen and oxygen atoms in total. The smallest absolute Gasteiger partial charge is 0.407 e. The molecule has 0 unspecified atom stereocenters. The van der Waals surface area contributed by atoms with E-state index in [0.29, 0.717) is 5.15 Å². The average Bonchev–Trinajstić information content (AvgIpc) is 2.40. The fraction of sp³-hybridized carbons (Fsp3) is 0.500.